The lowest BCUT2D eigenvalue weighted by Crippen LogP contribution is -2.40. The molecule has 4 nitrogen and oxygen atoms in total. The highest BCUT2D eigenvalue weighted by molar-refractivity contribution is 5.67. The van der Waals surface area contributed by atoms with E-state index in [-0.39, 0.29) is 6.09 Å². The zero-order chi connectivity index (χ0) is 14.3. The summed E-state index contributed by atoms with van der Waals surface area (Å²) in [5, 5.41) is 2.83. The first-order chi connectivity index (χ1) is 8.92. The Morgan fingerprint density at radius 1 is 1.37 bits per heavy atom. The van der Waals surface area contributed by atoms with Gasteiger partial charge in [0.1, 0.15) is 5.60 Å². The zero-order valence-electron chi connectivity index (χ0n) is 13.0. The van der Waals surface area contributed by atoms with Gasteiger partial charge in [0.15, 0.2) is 0 Å². The van der Waals surface area contributed by atoms with E-state index in [9.17, 15) is 4.79 Å². The van der Waals surface area contributed by atoms with Crippen molar-refractivity contribution in [3.63, 3.8) is 0 Å². The quantitative estimate of drug-likeness (QED) is 0.780. The molecule has 1 aliphatic rings. The Labute approximate surface area is 117 Å². The standard InChI is InChI=1S/C15H30N2O2/c1-5-17-12-7-6-9-13(17)10-8-11-16-14(18)19-15(2,3)4/h13H,5-12H2,1-4H3,(H,16,18). The number of ether oxygens (including phenoxy) is 1. The van der Waals surface area contributed by atoms with E-state index >= 15 is 0 Å². The first kappa shape index (κ1) is 16.3. The number of nitrogens with one attached hydrogen (secondary N) is 1. The number of likely N-dealkylation sites (tertiary alicyclic amines) is 1. The molecule has 1 N–H and O–H groups in total. The lowest BCUT2D eigenvalue weighted by atomic mass is 9.98. The van der Waals surface area contributed by atoms with E-state index in [1.54, 1.807) is 0 Å². The van der Waals surface area contributed by atoms with Crippen molar-refractivity contribution in [2.24, 2.45) is 0 Å². The highest BCUT2D eigenvalue weighted by atomic mass is 16.6. The van der Waals surface area contributed by atoms with Gasteiger partial charge >= 0.3 is 6.09 Å². The first-order valence-electron chi connectivity index (χ1n) is 7.63. The van der Waals surface area contributed by atoms with Crippen LogP contribution in [0.15, 0.2) is 0 Å². The van der Waals surface area contributed by atoms with Crippen LogP contribution in [0.25, 0.3) is 0 Å². The molecule has 0 radical (unpaired) electrons. The van der Waals surface area contributed by atoms with E-state index in [0.717, 1.165) is 13.0 Å². The Balaban J connectivity index is 2.14. The molecule has 1 amide bonds. The fraction of sp³-hybridized carbons (Fsp3) is 0.933. The summed E-state index contributed by atoms with van der Waals surface area (Å²) >= 11 is 0. The Bertz CT molecular complexity index is 274. The third-order valence-corrected chi connectivity index (χ3v) is 3.54. The molecule has 1 unspecified atom stereocenters. The topological polar surface area (TPSA) is 41.6 Å². The lowest BCUT2D eigenvalue weighted by molar-refractivity contribution is 0.0524. The van der Waals surface area contributed by atoms with E-state index in [1.807, 2.05) is 20.8 Å². The van der Waals surface area contributed by atoms with Gasteiger partial charge < -0.3 is 15.0 Å². The number of hydrogen-bond donors (Lipinski definition) is 1. The summed E-state index contributed by atoms with van der Waals surface area (Å²) in [7, 11) is 0. The second-order valence-corrected chi connectivity index (χ2v) is 6.35. The molecule has 0 spiro atoms. The summed E-state index contributed by atoms with van der Waals surface area (Å²) in [6.45, 7) is 11.0. The maximum Gasteiger partial charge on any atom is 0.407 e. The molecule has 0 aromatic rings. The van der Waals surface area contributed by atoms with Crippen molar-refractivity contribution >= 4 is 6.09 Å². The monoisotopic (exact) mass is 270 g/mol. The Morgan fingerprint density at radius 2 is 2.11 bits per heavy atom. The number of amides is 1. The highest BCUT2D eigenvalue weighted by Crippen LogP contribution is 2.20. The number of nitrogens with zero attached hydrogens (tertiary/aromatic N) is 1. The van der Waals surface area contributed by atoms with Gasteiger partial charge in [0, 0.05) is 12.6 Å². The van der Waals surface area contributed by atoms with Crippen LogP contribution >= 0.6 is 0 Å². The van der Waals surface area contributed by atoms with E-state index in [4.69, 9.17) is 4.74 Å². The van der Waals surface area contributed by atoms with Crippen LogP contribution in [-0.4, -0.2) is 42.3 Å². The smallest absolute Gasteiger partial charge is 0.407 e. The average Bonchev–Trinajstić information content (AvgIpc) is 2.33. The van der Waals surface area contributed by atoms with Crippen LogP contribution in [0.3, 0.4) is 0 Å². The minimum atomic E-state index is -0.410. The van der Waals surface area contributed by atoms with Crippen molar-refractivity contribution < 1.29 is 9.53 Å². The van der Waals surface area contributed by atoms with Crippen molar-refractivity contribution in [3.8, 4) is 0 Å². The molecule has 1 saturated heterocycles. The van der Waals surface area contributed by atoms with E-state index in [0.29, 0.717) is 12.6 Å². The van der Waals surface area contributed by atoms with Gasteiger partial charge in [-0.1, -0.05) is 13.3 Å². The van der Waals surface area contributed by atoms with E-state index < -0.39 is 5.60 Å². The maximum atomic E-state index is 11.5. The summed E-state index contributed by atoms with van der Waals surface area (Å²) in [4.78, 5) is 14.1. The molecule has 1 fully saturated rings. The Morgan fingerprint density at radius 3 is 2.74 bits per heavy atom. The van der Waals surface area contributed by atoms with Gasteiger partial charge in [0.2, 0.25) is 0 Å². The Hall–Kier alpha value is -0.770. The van der Waals surface area contributed by atoms with Crippen LogP contribution in [-0.2, 0) is 4.74 Å². The van der Waals surface area contributed by atoms with Crippen LogP contribution in [0.5, 0.6) is 0 Å². The summed E-state index contributed by atoms with van der Waals surface area (Å²) in [6, 6.07) is 0.708. The molecular weight excluding hydrogens is 240 g/mol. The Kier molecular flexibility index (Phi) is 6.63. The molecule has 1 rings (SSSR count). The number of alkyl carbamates (subject to hydrolysis) is 1. The summed E-state index contributed by atoms with van der Waals surface area (Å²) in [6.07, 6.45) is 5.88. The molecular formula is C15H30N2O2. The third kappa shape index (κ3) is 6.81. The molecule has 1 aliphatic heterocycles. The second-order valence-electron chi connectivity index (χ2n) is 6.35. The molecule has 19 heavy (non-hydrogen) atoms. The van der Waals surface area contributed by atoms with Crippen LogP contribution in [0.2, 0.25) is 0 Å². The number of carbonyl (C=O) groups is 1. The second kappa shape index (κ2) is 7.73. The summed E-state index contributed by atoms with van der Waals surface area (Å²) in [5.41, 5.74) is -0.410. The van der Waals surface area contributed by atoms with Gasteiger partial charge in [-0.25, -0.2) is 4.79 Å². The van der Waals surface area contributed by atoms with Gasteiger partial charge in [-0.2, -0.15) is 0 Å². The highest BCUT2D eigenvalue weighted by Gasteiger charge is 2.20. The van der Waals surface area contributed by atoms with Crippen LogP contribution in [0.4, 0.5) is 4.79 Å². The van der Waals surface area contributed by atoms with Crippen LogP contribution < -0.4 is 5.32 Å². The molecule has 1 heterocycles. The maximum absolute atomic E-state index is 11.5. The number of rotatable bonds is 5. The van der Waals surface area contributed by atoms with Crippen molar-refractivity contribution in [1.29, 1.82) is 0 Å². The van der Waals surface area contributed by atoms with Crippen LogP contribution in [0.1, 0.15) is 59.8 Å². The molecule has 0 bridgehead atoms. The molecule has 0 saturated carbocycles. The van der Waals surface area contributed by atoms with Crippen molar-refractivity contribution in [2.45, 2.75) is 71.4 Å². The number of piperidine rings is 1. The molecule has 4 heteroatoms. The molecule has 1 atom stereocenters. The van der Waals surface area contributed by atoms with Gasteiger partial charge in [0.25, 0.3) is 0 Å². The predicted molar refractivity (Wildman–Crippen MR) is 78.4 cm³/mol. The minimum Gasteiger partial charge on any atom is -0.444 e. The SMILES string of the molecule is CCN1CCCCC1CCCNC(=O)OC(C)(C)C. The molecule has 0 aliphatic carbocycles. The summed E-state index contributed by atoms with van der Waals surface area (Å²) in [5.74, 6) is 0. The van der Waals surface area contributed by atoms with Gasteiger partial charge in [-0.3, -0.25) is 0 Å². The number of carbonyl (C=O) groups excluding carboxylic acids is 1. The molecule has 0 aromatic heterocycles. The zero-order valence-corrected chi connectivity index (χ0v) is 13.0. The fourth-order valence-corrected chi connectivity index (χ4v) is 2.65. The molecule has 0 aromatic carbocycles. The van der Waals surface area contributed by atoms with Crippen molar-refractivity contribution in [3.05, 3.63) is 0 Å². The van der Waals surface area contributed by atoms with E-state index in [2.05, 4.69) is 17.1 Å². The average molecular weight is 270 g/mol. The lowest BCUT2D eigenvalue weighted by Gasteiger charge is -2.35. The van der Waals surface area contributed by atoms with Crippen LogP contribution in [0, 0.1) is 0 Å². The van der Waals surface area contributed by atoms with Gasteiger partial charge in [-0.15, -0.1) is 0 Å². The molecule has 112 valence electrons. The van der Waals surface area contributed by atoms with Crippen molar-refractivity contribution in [1.82, 2.24) is 10.2 Å². The largest absolute Gasteiger partial charge is 0.444 e. The number of hydrogen-bond acceptors (Lipinski definition) is 3. The first-order valence-corrected chi connectivity index (χ1v) is 7.63. The predicted octanol–water partition coefficient (Wildman–Crippen LogP) is 3.17. The third-order valence-electron chi connectivity index (χ3n) is 3.54. The fourth-order valence-electron chi connectivity index (χ4n) is 2.65. The normalized spacial score (nSPS) is 21.2. The minimum absolute atomic E-state index is 0.302. The summed E-state index contributed by atoms with van der Waals surface area (Å²) < 4.78 is 5.21. The van der Waals surface area contributed by atoms with Gasteiger partial charge in [-0.05, 0) is 59.5 Å². The van der Waals surface area contributed by atoms with Crippen molar-refractivity contribution in [2.75, 3.05) is 19.6 Å². The van der Waals surface area contributed by atoms with Gasteiger partial charge in [0.05, 0.1) is 0 Å². The van der Waals surface area contributed by atoms with E-state index in [1.165, 1.54) is 32.2 Å².